The van der Waals surface area contributed by atoms with Crippen LogP contribution in [0, 0.1) is 5.82 Å². The number of carbonyl (C=O) groups is 2. The largest absolute Gasteiger partial charge is 0.494 e. The molecule has 2 N–H and O–H groups in total. The van der Waals surface area contributed by atoms with E-state index in [0.717, 1.165) is 49.5 Å². The molecule has 0 atom stereocenters. The highest BCUT2D eigenvalue weighted by Crippen LogP contribution is 2.29. The van der Waals surface area contributed by atoms with Crippen molar-refractivity contribution in [3.63, 3.8) is 0 Å². The summed E-state index contributed by atoms with van der Waals surface area (Å²) in [5.41, 5.74) is 2.98. The maximum Gasteiger partial charge on any atom is 0.303 e. The molecule has 3 rings (SSSR count). The lowest BCUT2D eigenvalue weighted by atomic mass is 9.97. The Morgan fingerprint density at radius 3 is 2.19 bits per heavy atom. The summed E-state index contributed by atoms with van der Waals surface area (Å²) in [5.74, 6) is -1.20. The average Bonchev–Trinajstić information content (AvgIpc) is 2.93. The van der Waals surface area contributed by atoms with E-state index in [1.165, 1.54) is 24.3 Å². The van der Waals surface area contributed by atoms with E-state index in [-0.39, 0.29) is 24.3 Å². The van der Waals surface area contributed by atoms with Crippen LogP contribution in [-0.2, 0) is 32.3 Å². The summed E-state index contributed by atoms with van der Waals surface area (Å²) in [6.07, 6.45) is 5.94. The van der Waals surface area contributed by atoms with Crippen molar-refractivity contribution in [2.75, 3.05) is 19.5 Å². The fraction of sp³-hybridized carbons (Fsp3) is 0.375. The molecule has 42 heavy (non-hydrogen) atoms. The van der Waals surface area contributed by atoms with Crippen molar-refractivity contribution in [1.82, 2.24) is 0 Å². The minimum atomic E-state index is -3.50. The molecule has 0 aliphatic carbocycles. The monoisotopic (exact) mass is 600 g/mol. The SMILES string of the molecule is CS(=O)(=O)c1cc(OCCCCCCc2cccc(OCCCC(=O)O)c2CCC(=O)O)cc(-c2cccc(F)c2)c1. The van der Waals surface area contributed by atoms with Crippen LogP contribution in [0.3, 0.4) is 0 Å². The maximum atomic E-state index is 13.7. The van der Waals surface area contributed by atoms with Gasteiger partial charge in [0.25, 0.3) is 0 Å². The molecule has 0 radical (unpaired) electrons. The van der Waals surface area contributed by atoms with E-state index in [9.17, 15) is 27.5 Å². The Bertz CT molecular complexity index is 1470. The summed E-state index contributed by atoms with van der Waals surface area (Å²) in [6.45, 7) is 0.631. The predicted octanol–water partition coefficient (Wildman–Crippen LogP) is 6.34. The molecule has 0 aliphatic rings. The third-order valence-electron chi connectivity index (χ3n) is 6.69. The van der Waals surface area contributed by atoms with Gasteiger partial charge in [0, 0.05) is 19.1 Å². The summed E-state index contributed by atoms with van der Waals surface area (Å²) in [6, 6.07) is 16.3. The van der Waals surface area contributed by atoms with E-state index in [2.05, 4.69) is 0 Å². The average molecular weight is 601 g/mol. The Balaban J connectivity index is 1.53. The molecule has 0 unspecified atom stereocenters. The van der Waals surface area contributed by atoms with Crippen LogP contribution >= 0.6 is 0 Å². The fourth-order valence-corrected chi connectivity index (χ4v) is 5.24. The van der Waals surface area contributed by atoms with Gasteiger partial charge >= 0.3 is 11.9 Å². The first-order valence-electron chi connectivity index (χ1n) is 13.9. The zero-order chi connectivity index (χ0) is 30.5. The molecule has 3 aromatic carbocycles. The van der Waals surface area contributed by atoms with Gasteiger partial charge in [0.1, 0.15) is 17.3 Å². The number of carboxylic acids is 2. The minimum Gasteiger partial charge on any atom is -0.494 e. The predicted molar refractivity (Wildman–Crippen MR) is 157 cm³/mol. The zero-order valence-corrected chi connectivity index (χ0v) is 24.5. The molecule has 0 saturated carbocycles. The number of carboxylic acid groups (broad SMARTS) is 2. The molecule has 0 spiro atoms. The number of halogens is 1. The number of rotatable bonds is 18. The van der Waals surface area contributed by atoms with E-state index in [1.807, 2.05) is 12.1 Å². The molecule has 0 saturated heterocycles. The van der Waals surface area contributed by atoms with E-state index >= 15 is 0 Å². The highest BCUT2D eigenvalue weighted by molar-refractivity contribution is 7.90. The number of sulfone groups is 1. The van der Waals surface area contributed by atoms with Crippen LogP contribution in [0.4, 0.5) is 4.39 Å². The number of unbranched alkanes of at least 4 members (excludes halogenated alkanes) is 3. The first-order chi connectivity index (χ1) is 20.0. The van der Waals surface area contributed by atoms with Crippen molar-refractivity contribution in [3.8, 4) is 22.6 Å². The zero-order valence-electron chi connectivity index (χ0n) is 23.7. The van der Waals surface area contributed by atoms with Crippen LogP contribution in [0.1, 0.15) is 56.1 Å². The third-order valence-corrected chi connectivity index (χ3v) is 7.78. The molecular weight excluding hydrogens is 563 g/mol. The molecular formula is C32H37FO8S. The summed E-state index contributed by atoms with van der Waals surface area (Å²) in [7, 11) is -3.50. The summed E-state index contributed by atoms with van der Waals surface area (Å²) >= 11 is 0. The van der Waals surface area contributed by atoms with Gasteiger partial charge in [0.05, 0.1) is 18.1 Å². The van der Waals surface area contributed by atoms with Gasteiger partial charge in [0.2, 0.25) is 0 Å². The van der Waals surface area contributed by atoms with Crippen molar-refractivity contribution >= 4 is 21.8 Å². The molecule has 3 aromatic rings. The van der Waals surface area contributed by atoms with Crippen LogP contribution < -0.4 is 9.47 Å². The quantitative estimate of drug-likeness (QED) is 0.162. The van der Waals surface area contributed by atoms with Gasteiger partial charge in [-0.2, -0.15) is 0 Å². The highest BCUT2D eigenvalue weighted by atomic mass is 32.2. The Morgan fingerprint density at radius 1 is 0.762 bits per heavy atom. The van der Waals surface area contributed by atoms with E-state index in [1.54, 1.807) is 24.3 Å². The van der Waals surface area contributed by atoms with Gasteiger partial charge in [-0.15, -0.1) is 0 Å². The second kappa shape index (κ2) is 15.9. The number of aryl methyl sites for hydroxylation is 1. The normalized spacial score (nSPS) is 11.3. The molecule has 0 fully saturated rings. The van der Waals surface area contributed by atoms with Crippen molar-refractivity contribution in [2.45, 2.75) is 62.7 Å². The molecule has 0 amide bonds. The molecule has 0 bridgehead atoms. The number of hydrogen-bond acceptors (Lipinski definition) is 6. The van der Waals surface area contributed by atoms with Crippen LogP contribution in [0.25, 0.3) is 11.1 Å². The van der Waals surface area contributed by atoms with Crippen molar-refractivity contribution < 1.29 is 42.1 Å². The van der Waals surface area contributed by atoms with Gasteiger partial charge in [-0.25, -0.2) is 12.8 Å². The smallest absolute Gasteiger partial charge is 0.303 e. The number of aliphatic carboxylic acids is 2. The number of ether oxygens (including phenoxy) is 2. The standard InChI is InChI=1S/C32H37FO8S/c1-42(38,39)28-21-25(24-11-6-12-26(33)19-24)20-27(22-28)40-17-5-3-2-4-9-23-10-7-13-30(29(23)15-16-32(36)37)41-18-8-14-31(34)35/h6-7,10-13,19-22H,2-5,8-9,14-18H2,1H3,(H,34,35)(H,36,37). The number of benzene rings is 3. The molecule has 10 heteroatoms. The lowest BCUT2D eigenvalue weighted by molar-refractivity contribution is -0.138. The second-order valence-corrected chi connectivity index (χ2v) is 12.1. The Labute approximate surface area is 246 Å². The molecule has 0 heterocycles. The summed E-state index contributed by atoms with van der Waals surface area (Å²) in [4.78, 5) is 22.1. The first kappa shape index (κ1) is 32.6. The van der Waals surface area contributed by atoms with Crippen molar-refractivity contribution in [1.29, 1.82) is 0 Å². The van der Waals surface area contributed by atoms with Crippen molar-refractivity contribution in [2.24, 2.45) is 0 Å². The number of hydrogen-bond donors (Lipinski definition) is 2. The maximum absolute atomic E-state index is 13.7. The molecule has 0 aliphatic heterocycles. The summed E-state index contributed by atoms with van der Waals surface area (Å²) in [5, 5.41) is 18.0. The Hall–Kier alpha value is -3.92. The Kier molecular flexibility index (Phi) is 12.3. The van der Waals surface area contributed by atoms with Gasteiger partial charge < -0.3 is 19.7 Å². The van der Waals surface area contributed by atoms with E-state index < -0.39 is 27.6 Å². The molecule has 0 aromatic heterocycles. The summed E-state index contributed by atoms with van der Waals surface area (Å²) < 4.78 is 49.9. The second-order valence-electron chi connectivity index (χ2n) is 10.1. The van der Waals surface area contributed by atoms with Gasteiger partial charge in [-0.1, -0.05) is 37.1 Å². The van der Waals surface area contributed by atoms with E-state index in [0.29, 0.717) is 42.1 Å². The van der Waals surface area contributed by atoms with E-state index in [4.69, 9.17) is 14.6 Å². The van der Waals surface area contributed by atoms with Crippen LogP contribution in [0.5, 0.6) is 11.5 Å². The Morgan fingerprint density at radius 2 is 1.48 bits per heavy atom. The lowest BCUT2D eigenvalue weighted by Gasteiger charge is -2.15. The minimum absolute atomic E-state index is 0.00513. The highest BCUT2D eigenvalue weighted by Gasteiger charge is 2.14. The van der Waals surface area contributed by atoms with Crippen molar-refractivity contribution in [3.05, 3.63) is 77.6 Å². The third kappa shape index (κ3) is 10.8. The van der Waals surface area contributed by atoms with Crippen LogP contribution in [0.15, 0.2) is 65.6 Å². The fourth-order valence-electron chi connectivity index (χ4n) is 4.57. The van der Waals surface area contributed by atoms with Gasteiger partial charge in [-0.3, -0.25) is 9.59 Å². The molecule has 8 nitrogen and oxygen atoms in total. The van der Waals surface area contributed by atoms with Gasteiger partial charge in [0.15, 0.2) is 9.84 Å². The first-order valence-corrected chi connectivity index (χ1v) is 15.8. The topological polar surface area (TPSA) is 127 Å². The lowest BCUT2D eigenvalue weighted by Crippen LogP contribution is -2.07. The van der Waals surface area contributed by atoms with Crippen LogP contribution in [-0.4, -0.2) is 50.0 Å². The molecule has 226 valence electrons. The van der Waals surface area contributed by atoms with Gasteiger partial charge in [-0.05, 0) is 90.8 Å². The van der Waals surface area contributed by atoms with Crippen LogP contribution in [0.2, 0.25) is 0 Å².